The lowest BCUT2D eigenvalue weighted by Gasteiger charge is -2.22. The van der Waals surface area contributed by atoms with Crippen LogP contribution in [0.5, 0.6) is 0 Å². The maximum Gasteiger partial charge on any atom is 0.223 e. The highest BCUT2D eigenvalue weighted by atomic mass is 16.5. The summed E-state index contributed by atoms with van der Waals surface area (Å²) in [4.78, 5) is 18.7. The number of likely N-dealkylation sites (tertiary alicyclic amines) is 1. The molecule has 1 fully saturated rings. The van der Waals surface area contributed by atoms with Crippen molar-refractivity contribution in [1.82, 2.24) is 20.2 Å². The van der Waals surface area contributed by atoms with Gasteiger partial charge in [-0.3, -0.25) is 4.79 Å². The van der Waals surface area contributed by atoms with Crippen LogP contribution in [0.3, 0.4) is 0 Å². The zero-order valence-corrected chi connectivity index (χ0v) is 13.1. The number of rotatable bonds is 4. The molecule has 1 atom stereocenters. The minimum Gasteiger partial charge on any atom is -0.361 e. The summed E-state index contributed by atoms with van der Waals surface area (Å²) in [5.41, 5.74) is 1.89. The Morgan fingerprint density at radius 2 is 2.09 bits per heavy atom. The molecule has 0 aliphatic carbocycles. The minimum atomic E-state index is -0.0605. The number of aromatic nitrogens is 3. The molecule has 0 N–H and O–H groups in total. The third kappa shape index (κ3) is 2.75. The molecule has 1 amide bonds. The van der Waals surface area contributed by atoms with Gasteiger partial charge in [-0.2, -0.15) is 4.98 Å². The van der Waals surface area contributed by atoms with Gasteiger partial charge >= 0.3 is 0 Å². The lowest BCUT2D eigenvalue weighted by atomic mass is 10.1. The Kier molecular flexibility index (Phi) is 3.96. The van der Waals surface area contributed by atoms with E-state index in [9.17, 15) is 4.79 Å². The molecule has 2 aromatic heterocycles. The molecule has 3 heterocycles. The second-order valence-corrected chi connectivity index (χ2v) is 5.72. The van der Waals surface area contributed by atoms with Crippen molar-refractivity contribution in [3.63, 3.8) is 0 Å². The Hall–Kier alpha value is -2.18. The number of hydrogen-bond donors (Lipinski definition) is 0. The van der Waals surface area contributed by atoms with Gasteiger partial charge in [0.05, 0.1) is 11.7 Å². The fraction of sp³-hybridized carbons (Fsp3) is 0.600. The fourth-order valence-electron chi connectivity index (χ4n) is 3.02. The molecule has 118 valence electrons. The van der Waals surface area contributed by atoms with Gasteiger partial charge in [0.1, 0.15) is 5.76 Å². The van der Waals surface area contributed by atoms with Crippen LogP contribution in [0, 0.1) is 20.8 Å². The molecular weight excluding hydrogens is 284 g/mol. The summed E-state index contributed by atoms with van der Waals surface area (Å²) in [7, 11) is 0. The van der Waals surface area contributed by atoms with E-state index in [2.05, 4.69) is 15.3 Å². The molecule has 0 aromatic carbocycles. The van der Waals surface area contributed by atoms with Gasteiger partial charge in [-0.15, -0.1) is 0 Å². The first-order valence-electron chi connectivity index (χ1n) is 7.57. The minimum absolute atomic E-state index is 0.0605. The predicted octanol–water partition coefficient (Wildman–Crippen LogP) is 2.28. The van der Waals surface area contributed by atoms with Crippen molar-refractivity contribution in [2.45, 2.75) is 52.5 Å². The van der Waals surface area contributed by atoms with Crippen LogP contribution in [-0.4, -0.2) is 32.6 Å². The lowest BCUT2D eigenvalue weighted by molar-refractivity contribution is -0.132. The molecule has 7 heteroatoms. The quantitative estimate of drug-likeness (QED) is 0.861. The lowest BCUT2D eigenvalue weighted by Crippen LogP contribution is -2.31. The highest BCUT2D eigenvalue weighted by Crippen LogP contribution is 2.31. The first kappa shape index (κ1) is 14.7. The average Bonchev–Trinajstić information content (AvgIpc) is 3.18. The summed E-state index contributed by atoms with van der Waals surface area (Å²) >= 11 is 0. The largest absolute Gasteiger partial charge is 0.361 e. The fourth-order valence-corrected chi connectivity index (χ4v) is 3.02. The van der Waals surface area contributed by atoms with E-state index in [1.165, 1.54) is 0 Å². The SMILES string of the molecule is Cc1nc(C2CCCN2C(=O)CCc2c(C)noc2C)no1. The second kappa shape index (κ2) is 5.90. The Labute approximate surface area is 128 Å². The van der Waals surface area contributed by atoms with Crippen LogP contribution in [0.4, 0.5) is 0 Å². The molecule has 1 saturated heterocycles. The summed E-state index contributed by atoms with van der Waals surface area (Å²) in [5.74, 6) is 2.05. The van der Waals surface area contributed by atoms with Crippen molar-refractivity contribution >= 4 is 5.91 Å². The topological polar surface area (TPSA) is 85.3 Å². The van der Waals surface area contributed by atoms with Gasteiger partial charge in [0, 0.05) is 25.5 Å². The second-order valence-electron chi connectivity index (χ2n) is 5.72. The van der Waals surface area contributed by atoms with Crippen LogP contribution in [-0.2, 0) is 11.2 Å². The first-order valence-corrected chi connectivity index (χ1v) is 7.57. The molecule has 0 saturated carbocycles. The molecule has 22 heavy (non-hydrogen) atoms. The van der Waals surface area contributed by atoms with Crippen LogP contribution < -0.4 is 0 Å². The number of hydrogen-bond acceptors (Lipinski definition) is 6. The molecule has 0 radical (unpaired) electrons. The standard InChI is InChI=1S/C15H20N4O3/c1-9-12(10(2)21-17-9)6-7-14(20)19-8-4-5-13(19)15-16-11(3)22-18-15/h13H,4-8H2,1-3H3. The third-order valence-electron chi connectivity index (χ3n) is 4.18. The Balaban J connectivity index is 1.66. The van der Waals surface area contributed by atoms with E-state index in [0.717, 1.165) is 36.4 Å². The van der Waals surface area contributed by atoms with E-state index >= 15 is 0 Å². The molecule has 2 aromatic rings. The molecule has 7 nitrogen and oxygen atoms in total. The monoisotopic (exact) mass is 304 g/mol. The first-order chi connectivity index (χ1) is 10.6. The van der Waals surface area contributed by atoms with E-state index < -0.39 is 0 Å². The van der Waals surface area contributed by atoms with Crippen LogP contribution in [0.2, 0.25) is 0 Å². The summed E-state index contributed by atoms with van der Waals surface area (Å²) in [5, 5.41) is 7.89. The summed E-state index contributed by atoms with van der Waals surface area (Å²) in [6, 6.07) is -0.0605. The number of nitrogens with zero attached hydrogens (tertiary/aromatic N) is 4. The van der Waals surface area contributed by atoms with Gasteiger partial charge in [-0.05, 0) is 33.1 Å². The van der Waals surface area contributed by atoms with Gasteiger partial charge in [0.25, 0.3) is 0 Å². The van der Waals surface area contributed by atoms with E-state index in [1.54, 1.807) is 6.92 Å². The van der Waals surface area contributed by atoms with E-state index in [0.29, 0.717) is 24.6 Å². The number of carbonyl (C=O) groups is 1. The third-order valence-corrected chi connectivity index (χ3v) is 4.18. The van der Waals surface area contributed by atoms with Crippen LogP contribution in [0.25, 0.3) is 0 Å². The Bertz CT molecular complexity index is 657. The number of aryl methyl sites for hydroxylation is 3. The molecule has 1 aliphatic heterocycles. The maximum atomic E-state index is 12.5. The van der Waals surface area contributed by atoms with Crippen molar-refractivity contribution in [3.8, 4) is 0 Å². The number of carbonyl (C=O) groups excluding carboxylic acids is 1. The molecule has 3 rings (SSSR count). The van der Waals surface area contributed by atoms with Crippen LogP contribution >= 0.6 is 0 Å². The summed E-state index contributed by atoms with van der Waals surface area (Å²) in [6.07, 6.45) is 2.94. The maximum absolute atomic E-state index is 12.5. The zero-order valence-electron chi connectivity index (χ0n) is 13.1. The van der Waals surface area contributed by atoms with Crippen molar-refractivity contribution in [2.24, 2.45) is 0 Å². The van der Waals surface area contributed by atoms with Crippen LogP contribution in [0.15, 0.2) is 9.05 Å². The van der Waals surface area contributed by atoms with Gasteiger partial charge in [0.15, 0.2) is 5.82 Å². The van der Waals surface area contributed by atoms with Crippen LogP contribution in [0.1, 0.15) is 54.0 Å². The van der Waals surface area contributed by atoms with Crippen molar-refractivity contribution < 1.29 is 13.8 Å². The van der Waals surface area contributed by atoms with Crippen molar-refractivity contribution in [1.29, 1.82) is 0 Å². The number of amides is 1. The van der Waals surface area contributed by atoms with E-state index in [4.69, 9.17) is 9.05 Å². The smallest absolute Gasteiger partial charge is 0.223 e. The molecule has 0 bridgehead atoms. The molecular formula is C15H20N4O3. The molecule has 1 aliphatic rings. The zero-order chi connectivity index (χ0) is 15.7. The highest BCUT2D eigenvalue weighted by molar-refractivity contribution is 5.77. The van der Waals surface area contributed by atoms with Crippen molar-refractivity contribution in [2.75, 3.05) is 6.54 Å². The summed E-state index contributed by atoms with van der Waals surface area (Å²) < 4.78 is 10.2. The highest BCUT2D eigenvalue weighted by Gasteiger charge is 2.33. The van der Waals surface area contributed by atoms with E-state index in [-0.39, 0.29) is 11.9 Å². The summed E-state index contributed by atoms with van der Waals surface area (Å²) in [6.45, 7) is 6.28. The molecule has 1 unspecified atom stereocenters. The van der Waals surface area contributed by atoms with E-state index in [1.807, 2.05) is 18.7 Å². The van der Waals surface area contributed by atoms with Gasteiger partial charge < -0.3 is 13.9 Å². The normalized spacial score (nSPS) is 18.1. The molecule has 0 spiro atoms. The van der Waals surface area contributed by atoms with Gasteiger partial charge in [-0.1, -0.05) is 10.3 Å². The Morgan fingerprint density at radius 1 is 1.27 bits per heavy atom. The Morgan fingerprint density at radius 3 is 2.73 bits per heavy atom. The predicted molar refractivity (Wildman–Crippen MR) is 77.0 cm³/mol. The van der Waals surface area contributed by atoms with Gasteiger partial charge in [-0.25, -0.2) is 0 Å². The van der Waals surface area contributed by atoms with Crippen molar-refractivity contribution in [3.05, 3.63) is 28.7 Å². The average molecular weight is 304 g/mol. The van der Waals surface area contributed by atoms with Gasteiger partial charge in [0.2, 0.25) is 11.8 Å².